The van der Waals surface area contributed by atoms with Crippen molar-refractivity contribution in [2.75, 3.05) is 26.1 Å². The highest BCUT2D eigenvalue weighted by molar-refractivity contribution is 5.94. The van der Waals surface area contributed by atoms with Gasteiger partial charge in [0.2, 0.25) is 0 Å². The van der Waals surface area contributed by atoms with Gasteiger partial charge in [-0.25, -0.2) is 4.98 Å². The van der Waals surface area contributed by atoms with Gasteiger partial charge in [-0.2, -0.15) is 0 Å². The van der Waals surface area contributed by atoms with Gasteiger partial charge in [-0.15, -0.1) is 0 Å². The van der Waals surface area contributed by atoms with Crippen LogP contribution in [0.15, 0.2) is 36.5 Å². The number of methoxy groups -OCH3 is 2. The van der Waals surface area contributed by atoms with Crippen LogP contribution >= 0.6 is 0 Å². The highest BCUT2D eigenvalue weighted by atomic mass is 16.5. The summed E-state index contributed by atoms with van der Waals surface area (Å²) in [5.41, 5.74) is 1.32. The summed E-state index contributed by atoms with van der Waals surface area (Å²) >= 11 is 0. The number of nitrogens with zero attached hydrogens (tertiary/aromatic N) is 1. The predicted octanol–water partition coefficient (Wildman–Crippen LogP) is 3.76. The third kappa shape index (κ3) is 5.38. The first kappa shape index (κ1) is 18.6. The molecule has 134 valence electrons. The number of benzene rings is 1. The lowest BCUT2D eigenvalue weighted by Crippen LogP contribution is -2.24. The van der Waals surface area contributed by atoms with Crippen molar-refractivity contribution in [3.63, 3.8) is 0 Å². The Balaban J connectivity index is 2.07. The molecule has 6 nitrogen and oxygen atoms in total. The molecule has 0 saturated heterocycles. The fourth-order valence-electron chi connectivity index (χ4n) is 2.36. The number of aromatic nitrogens is 1. The third-order valence-electron chi connectivity index (χ3n) is 3.76. The van der Waals surface area contributed by atoms with Gasteiger partial charge in [0.05, 0.1) is 19.9 Å². The molecule has 0 fully saturated rings. The normalized spacial score (nSPS) is 10.2. The second-order valence-electron chi connectivity index (χ2n) is 5.58. The summed E-state index contributed by atoms with van der Waals surface area (Å²) in [5, 5.41) is 6.10. The van der Waals surface area contributed by atoms with Gasteiger partial charge >= 0.3 is 0 Å². The summed E-state index contributed by atoms with van der Waals surface area (Å²) in [6.45, 7) is 2.82. The molecule has 0 bridgehead atoms. The first-order chi connectivity index (χ1) is 12.2. The molecule has 0 saturated carbocycles. The molecule has 1 heterocycles. The van der Waals surface area contributed by atoms with E-state index in [0.29, 0.717) is 29.4 Å². The number of carbonyl (C=O) groups excluding carboxylic acids is 1. The van der Waals surface area contributed by atoms with Crippen molar-refractivity contribution >= 4 is 17.4 Å². The number of carbonyl (C=O) groups is 1. The van der Waals surface area contributed by atoms with Crippen molar-refractivity contribution in [3.8, 4) is 11.5 Å². The Bertz CT molecular complexity index is 704. The number of amides is 1. The molecular formula is C19H25N3O3. The van der Waals surface area contributed by atoms with Crippen molar-refractivity contribution in [2.24, 2.45) is 0 Å². The van der Waals surface area contributed by atoms with Crippen LogP contribution in [0.25, 0.3) is 0 Å². The van der Waals surface area contributed by atoms with E-state index < -0.39 is 0 Å². The lowest BCUT2D eigenvalue weighted by atomic mass is 10.2. The average Bonchev–Trinajstić information content (AvgIpc) is 2.65. The maximum Gasteiger partial charge on any atom is 0.251 e. The van der Waals surface area contributed by atoms with Crippen molar-refractivity contribution in [2.45, 2.75) is 26.2 Å². The van der Waals surface area contributed by atoms with Crippen LogP contribution in [-0.2, 0) is 0 Å². The Kier molecular flexibility index (Phi) is 7.07. The summed E-state index contributed by atoms with van der Waals surface area (Å²) in [6.07, 6.45) is 4.84. The van der Waals surface area contributed by atoms with Crippen molar-refractivity contribution < 1.29 is 14.3 Å². The maximum atomic E-state index is 12.2. The Morgan fingerprint density at radius 3 is 2.68 bits per heavy atom. The molecule has 1 aromatic heterocycles. The lowest BCUT2D eigenvalue weighted by molar-refractivity contribution is 0.0953. The summed E-state index contributed by atoms with van der Waals surface area (Å²) in [7, 11) is 3.19. The summed E-state index contributed by atoms with van der Waals surface area (Å²) in [6, 6.07) is 8.88. The largest absolute Gasteiger partial charge is 0.497 e. The highest BCUT2D eigenvalue weighted by Crippen LogP contribution is 2.31. The zero-order valence-electron chi connectivity index (χ0n) is 15.0. The molecule has 0 aliphatic heterocycles. The summed E-state index contributed by atoms with van der Waals surface area (Å²) in [5.74, 6) is 1.82. The van der Waals surface area contributed by atoms with Crippen LogP contribution in [0.4, 0.5) is 11.5 Å². The highest BCUT2D eigenvalue weighted by Gasteiger charge is 2.09. The minimum absolute atomic E-state index is 0.0942. The van der Waals surface area contributed by atoms with Crippen LogP contribution in [-0.4, -0.2) is 31.7 Å². The number of ether oxygens (including phenoxy) is 2. The van der Waals surface area contributed by atoms with Crippen LogP contribution in [0.3, 0.4) is 0 Å². The van der Waals surface area contributed by atoms with E-state index in [4.69, 9.17) is 9.47 Å². The molecular weight excluding hydrogens is 318 g/mol. The fraction of sp³-hybridized carbons (Fsp3) is 0.368. The SMILES string of the molecule is CCCCCNC(=O)c1ccnc(Nc2ccc(OC)cc2OC)c1. The van der Waals surface area contributed by atoms with E-state index in [1.165, 1.54) is 0 Å². The van der Waals surface area contributed by atoms with E-state index in [1.807, 2.05) is 12.1 Å². The number of hydrogen-bond acceptors (Lipinski definition) is 5. The number of anilines is 2. The summed E-state index contributed by atoms with van der Waals surface area (Å²) in [4.78, 5) is 16.5. The zero-order valence-corrected chi connectivity index (χ0v) is 15.0. The maximum absolute atomic E-state index is 12.2. The third-order valence-corrected chi connectivity index (χ3v) is 3.76. The molecule has 1 aromatic carbocycles. The lowest BCUT2D eigenvalue weighted by Gasteiger charge is -2.12. The molecule has 1 amide bonds. The molecule has 0 aliphatic carbocycles. The predicted molar refractivity (Wildman–Crippen MR) is 98.9 cm³/mol. The second-order valence-corrected chi connectivity index (χ2v) is 5.58. The van der Waals surface area contributed by atoms with Gasteiger partial charge < -0.3 is 20.1 Å². The van der Waals surface area contributed by atoms with E-state index >= 15 is 0 Å². The van der Waals surface area contributed by atoms with Crippen LogP contribution in [0.2, 0.25) is 0 Å². The van der Waals surface area contributed by atoms with Gasteiger partial charge in [0.15, 0.2) is 0 Å². The van der Waals surface area contributed by atoms with Gasteiger partial charge in [-0.1, -0.05) is 19.8 Å². The Morgan fingerprint density at radius 2 is 1.96 bits per heavy atom. The van der Waals surface area contributed by atoms with E-state index in [9.17, 15) is 4.79 Å². The average molecular weight is 343 g/mol. The monoisotopic (exact) mass is 343 g/mol. The van der Waals surface area contributed by atoms with Crippen LogP contribution in [0.5, 0.6) is 11.5 Å². The molecule has 2 N–H and O–H groups in total. The van der Waals surface area contributed by atoms with Gasteiger partial charge in [-0.05, 0) is 30.7 Å². The van der Waals surface area contributed by atoms with E-state index in [2.05, 4.69) is 22.5 Å². The minimum Gasteiger partial charge on any atom is -0.497 e. The smallest absolute Gasteiger partial charge is 0.251 e. The standard InChI is InChI=1S/C19H25N3O3/c1-4-5-6-10-21-19(23)14-9-11-20-18(12-14)22-16-8-7-15(24-2)13-17(16)25-3/h7-9,11-13H,4-6,10H2,1-3H3,(H,20,22)(H,21,23). The van der Waals surface area contributed by atoms with Gasteiger partial charge in [0.1, 0.15) is 17.3 Å². The van der Waals surface area contributed by atoms with Crippen molar-refractivity contribution in [3.05, 3.63) is 42.1 Å². The molecule has 2 rings (SSSR count). The fourth-order valence-corrected chi connectivity index (χ4v) is 2.36. The number of unbranched alkanes of at least 4 members (excludes halogenated alkanes) is 2. The molecule has 0 radical (unpaired) electrons. The van der Waals surface area contributed by atoms with Gasteiger partial charge in [0.25, 0.3) is 5.91 Å². The van der Waals surface area contributed by atoms with Crippen molar-refractivity contribution in [1.82, 2.24) is 10.3 Å². The molecule has 0 unspecified atom stereocenters. The number of nitrogens with one attached hydrogen (secondary N) is 2. The van der Waals surface area contributed by atoms with Gasteiger partial charge in [-0.3, -0.25) is 4.79 Å². The first-order valence-electron chi connectivity index (χ1n) is 8.41. The molecule has 2 aromatic rings. The first-order valence-corrected chi connectivity index (χ1v) is 8.41. The molecule has 0 atom stereocenters. The van der Waals surface area contributed by atoms with Crippen LogP contribution in [0.1, 0.15) is 36.5 Å². The Hall–Kier alpha value is -2.76. The molecule has 25 heavy (non-hydrogen) atoms. The number of pyridine rings is 1. The molecule has 0 aliphatic rings. The molecule has 6 heteroatoms. The quantitative estimate of drug-likeness (QED) is 0.678. The number of hydrogen-bond donors (Lipinski definition) is 2. The topological polar surface area (TPSA) is 72.5 Å². The summed E-state index contributed by atoms with van der Waals surface area (Å²) < 4.78 is 10.6. The second kappa shape index (κ2) is 9.52. The Labute approximate surface area is 148 Å². The van der Waals surface area contributed by atoms with E-state index in [1.54, 1.807) is 38.6 Å². The van der Waals surface area contributed by atoms with Crippen molar-refractivity contribution in [1.29, 1.82) is 0 Å². The van der Waals surface area contributed by atoms with Crippen LogP contribution < -0.4 is 20.1 Å². The Morgan fingerprint density at radius 1 is 1.12 bits per heavy atom. The van der Waals surface area contributed by atoms with Crippen LogP contribution in [0, 0.1) is 0 Å². The number of rotatable bonds is 9. The minimum atomic E-state index is -0.0942. The molecule has 0 spiro atoms. The van der Waals surface area contributed by atoms with Gasteiger partial charge in [0, 0.05) is 24.4 Å². The zero-order chi connectivity index (χ0) is 18.1. The van der Waals surface area contributed by atoms with E-state index in [0.717, 1.165) is 24.9 Å². The van der Waals surface area contributed by atoms with E-state index in [-0.39, 0.29) is 5.91 Å².